The highest BCUT2D eigenvalue weighted by Crippen LogP contribution is 2.24. The molecule has 0 saturated carbocycles. The van der Waals surface area contributed by atoms with Gasteiger partial charge in [-0.05, 0) is 38.3 Å². The molecular weight excluding hydrogens is 304 g/mol. The van der Waals surface area contributed by atoms with Crippen LogP contribution < -0.4 is 5.32 Å². The molecule has 24 heavy (non-hydrogen) atoms. The Balaban J connectivity index is 1.55. The maximum Gasteiger partial charge on any atom is 0.274 e. The molecule has 1 N–H and O–H groups in total. The average Bonchev–Trinajstić information content (AvgIpc) is 3.20. The number of para-hydroxylation sites is 2. The van der Waals surface area contributed by atoms with Gasteiger partial charge in [0.05, 0.1) is 17.6 Å². The Hall–Kier alpha value is -2.63. The van der Waals surface area contributed by atoms with Gasteiger partial charge in [-0.1, -0.05) is 17.3 Å². The predicted molar refractivity (Wildman–Crippen MR) is 89.7 cm³/mol. The molecule has 1 aliphatic carbocycles. The number of rotatable bonds is 4. The predicted octanol–water partition coefficient (Wildman–Crippen LogP) is 2.85. The molecule has 1 aromatic carbocycles. The second-order valence-corrected chi connectivity index (χ2v) is 6.08. The zero-order chi connectivity index (χ0) is 16.5. The maximum atomic E-state index is 12.5. The Morgan fingerprint density at radius 3 is 3.00 bits per heavy atom. The molecule has 0 aliphatic heterocycles. The van der Waals surface area contributed by atoms with E-state index in [9.17, 15) is 4.79 Å². The summed E-state index contributed by atoms with van der Waals surface area (Å²) in [6, 6.07) is 8.01. The van der Waals surface area contributed by atoms with Crippen molar-refractivity contribution in [2.45, 2.75) is 45.7 Å². The fourth-order valence-corrected chi connectivity index (χ4v) is 3.42. The van der Waals surface area contributed by atoms with Crippen molar-refractivity contribution in [3.05, 3.63) is 47.1 Å². The van der Waals surface area contributed by atoms with Gasteiger partial charge in [0, 0.05) is 18.5 Å². The van der Waals surface area contributed by atoms with E-state index in [4.69, 9.17) is 4.52 Å². The molecule has 1 amide bonds. The highest BCUT2D eigenvalue weighted by molar-refractivity contribution is 5.93. The number of benzene rings is 1. The van der Waals surface area contributed by atoms with E-state index in [1.54, 1.807) is 0 Å². The third kappa shape index (κ3) is 2.48. The van der Waals surface area contributed by atoms with E-state index in [0.29, 0.717) is 12.2 Å². The van der Waals surface area contributed by atoms with Gasteiger partial charge in [0.15, 0.2) is 5.69 Å². The van der Waals surface area contributed by atoms with E-state index in [1.165, 1.54) is 0 Å². The van der Waals surface area contributed by atoms with Crippen LogP contribution in [-0.4, -0.2) is 20.6 Å². The standard InChI is InChI=1S/C18H20N4O2/c1-2-22-14-9-5-4-8-13(14)20-16(22)11-19-18(23)17-12-7-3-6-10-15(12)24-21-17/h4-5,8-9H,2-3,6-7,10-11H2,1H3,(H,19,23). The summed E-state index contributed by atoms with van der Waals surface area (Å²) in [5.41, 5.74) is 3.44. The number of amides is 1. The van der Waals surface area contributed by atoms with Gasteiger partial charge in [-0.3, -0.25) is 4.79 Å². The minimum absolute atomic E-state index is 0.184. The molecule has 0 unspecified atom stereocenters. The number of fused-ring (bicyclic) bond motifs is 2. The Morgan fingerprint density at radius 1 is 1.29 bits per heavy atom. The molecule has 1 aliphatic rings. The molecule has 0 spiro atoms. The van der Waals surface area contributed by atoms with Crippen LogP contribution >= 0.6 is 0 Å². The molecular formula is C18H20N4O2. The molecule has 2 heterocycles. The van der Waals surface area contributed by atoms with Crippen LogP contribution in [0.2, 0.25) is 0 Å². The van der Waals surface area contributed by atoms with Crippen molar-refractivity contribution in [2.24, 2.45) is 0 Å². The monoisotopic (exact) mass is 324 g/mol. The molecule has 3 aromatic rings. The minimum atomic E-state index is -0.184. The summed E-state index contributed by atoms with van der Waals surface area (Å²) in [5.74, 6) is 1.54. The van der Waals surface area contributed by atoms with Crippen molar-refractivity contribution in [2.75, 3.05) is 0 Å². The summed E-state index contributed by atoms with van der Waals surface area (Å²) >= 11 is 0. The second kappa shape index (κ2) is 6.11. The van der Waals surface area contributed by atoms with Gasteiger partial charge < -0.3 is 14.4 Å². The van der Waals surface area contributed by atoms with Crippen molar-refractivity contribution in [1.29, 1.82) is 0 Å². The molecule has 6 heteroatoms. The Labute approximate surface area is 139 Å². The molecule has 0 atom stereocenters. The Morgan fingerprint density at radius 2 is 2.12 bits per heavy atom. The summed E-state index contributed by atoms with van der Waals surface area (Å²) < 4.78 is 7.44. The lowest BCUT2D eigenvalue weighted by Crippen LogP contribution is -2.26. The normalized spacial score (nSPS) is 13.9. The highest BCUT2D eigenvalue weighted by atomic mass is 16.5. The van der Waals surface area contributed by atoms with Crippen molar-refractivity contribution in [3.63, 3.8) is 0 Å². The summed E-state index contributed by atoms with van der Waals surface area (Å²) in [4.78, 5) is 17.1. The maximum absolute atomic E-state index is 12.5. The average molecular weight is 324 g/mol. The number of aryl methyl sites for hydroxylation is 2. The fraction of sp³-hybridized carbons (Fsp3) is 0.389. The van der Waals surface area contributed by atoms with Crippen LogP contribution in [0.15, 0.2) is 28.8 Å². The lowest BCUT2D eigenvalue weighted by Gasteiger charge is -2.10. The number of hydrogen-bond donors (Lipinski definition) is 1. The largest absolute Gasteiger partial charge is 0.360 e. The topological polar surface area (TPSA) is 73.0 Å². The Kier molecular flexibility index (Phi) is 3.80. The van der Waals surface area contributed by atoms with Gasteiger partial charge >= 0.3 is 0 Å². The first-order valence-corrected chi connectivity index (χ1v) is 8.47. The van der Waals surface area contributed by atoms with Crippen LogP contribution in [0.25, 0.3) is 11.0 Å². The van der Waals surface area contributed by atoms with Crippen molar-refractivity contribution in [3.8, 4) is 0 Å². The zero-order valence-electron chi connectivity index (χ0n) is 13.7. The van der Waals surface area contributed by atoms with E-state index in [-0.39, 0.29) is 5.91 Å². The first-order chi connectivity index (χ1) is 11.8. The number of carbonyl (C=O) groups is 1. The van der Waals surface area contributed by atoms with E-state index >= 15 is 0 Å². The lowest BCUT2D eigenvalue weighted by atomic mass is 9.96. The third-order valence-corrected chi connectivity index (χ3v) is 4.62. The fourth-order valence-electron chi connectivity index (χ4n) is 3.42. The SMILES string of the molecule is CCn1c(CNC(=O)c2noc3c2CCCC3)nc2ccccc21. The first-order valence-electron chi connectivity index (χ1n) is 8.47. The molecule has 6 nitrogen and oxygen atoms in total. The van der Waals surface area contributed by atoms with E-state index < -0.39 is 0 Å². The van der Waals surface area contributed by atoms with Crippen LogP contribution in [0.3, 0.4) is 0 Å². The highest BCUT2D eigenvalue weighted by Gasteiger charge is 2.24. The summed E-state index contributed by atoms with van der Waals surface area (Å²) in [6.45, 7) is 3.27. The van der Waals surface area contributed by atoms with Crippen LogP contribution in [0.5, 0.6) is 0 Å². The van der Waals surface area contributed by atoms with Crippen molar-refractivity contribution in [1.82, 2.24) is 20.0 Å². The van der Waals surface area contributed by atoms with Gasteiger partial charge in [-0.15, -0.1) is 0 Å². The molecule has 0 fully saturated rings. The van der Waals surface area contributed by atoms with Gasteiger partial charge in [-0.25, -0.2) is 4.98 Å². The quantitative estimate of drug-likeness (QED) is 0.801. The number of carbonyl (C=O) groups excluding carboxylic acids is 1. The Bertz CT molecular complexity index is 894. The number of nitrogens with one attached hydrogen (secondary N) is 1. The van der Waals surface area contributed by atoms with Gasteiger partial charge in [-0.2, -0.15) is 0 Å². The number of hydrogen-bond acceptors (Lipinski definition) is 4. The van der Waals surface area contributed by atoms with Gasteiger partial charge in [0.1, 0.15) is 11.6 Å². The molecule has 2 aromatic heterocycles. The summed E-state index contributed by atoms with van der Waals surface area (Å²) in [5, 5.41) is 6.92. The second-order valence-electron chi connectivity index (χ2n) is 6.08. The number of aromatic nitrogens is 3. The third-order valence-electron chi connectivity index (χ3n) is 4.62. The molecule has 0 radical (unpaired) electrons. The number of imidazole rings is 1. The summed E-state index contributed by atoms with van der Waals surface area (Å²) in [6.07, 6.45) is 3.93. The molecule has 124 valence electrons. The molecule has 0 saturated heterocycles. The minimum Gasteiger partial charge on any atom is -0.360 e. The van der Waals surface area contributed by atoms with Crippen molar-refractivity contribution >= 4 is 16.9 Å². The number of nitrogens with zero attached hydrogens (tertiary/aromatic N) is 3. The zero-order valence-corrected chi connectivity index (χ0v) is 13.7. The van der Waals surface area contributed by atoms with Crippen LogP contribution in [0.4, 0.5) is 0 Å². The van der Waals surface area contributed by atoms with Crippen LogP contribution in [0.1, 0.15) is 47.4 Å². The lowest BCUT2D eigenvalue weighted by molar-refractivity contribution is 0.0939. The van der Waals surface area contributed by atoms with Crippen LogP contribution in [0, 0.1) is 0 Å². The van der Waals surface area contributed by atoms with E-state index in [0.717, 1.165) is 60.4 Å². The summed E-state index contributed by atoms with van der Waals surface area (Å²) in [7, 11) is 0. The smallest absolute Gasteiger partial charge is 0.274 e. The van der Waals surface area contributed by atoms with Gasteiger partial charge in [0.2, 0.25) is 0 Å². The molecule has 0 bridgehead atoms. The van der Waals surface area contributed by atoms with E-state index in [2.05, 4.69) is 26.9 Å². The van der Waals surface area contributed by atoms with E-state index in [1.807, 2.05) is 24.3 Å². The van der Waals surface area contributed by atoms with Crippen LogP contribution in [-0.2, 0) is 25.9 Å². The first kappa shape index (κ1) is 14.9. The molecule has 4 rings (SSSR count). The van der Waals surface area contributed by atoms with Gasteiger partial charge in [0.25, 0.3) is 5.91 Å². The van der Waals surface area contributed by atoms with Crippen molar-refractivity contribution < 1.29 is 9.32 Å².